The van der Waals surface area contributed by atoms with Crippen LogP contribution in [0.4, 0.5) is 0 Å². The van der Waals surface area contributed by atoms with Crippen LogP contribution in [0.3, 0.4) is 0 Å². The Morgan fingerprint density at radius 1 is 1.05 bits per heavy atom. The Bertz CT molecular complexity index is 656. The predicted molar refractivity (Wildman–Crippen MR) is 79.2 cm³/mol. The van der Waals surface area contributed by atoms with E-state index in [4.69, 9.17) is 44.6 Å². The first kappa shape index (κ1) is 15.0. The molecule has 2 rings (SSSR count). The van der Waals surface area contributed by atoms with Gasteiger partial charge in [0.05, 0.1) is 10.6 Å². The number of benzene rings is 2. The van der Waals surface area contributed by atoms with Gasteiger partial charge in [-0.25, -0.2) is 4.79 Å². The third kappa shape index (κ3) is 3.57. The molecule has 0 amide bonds. The highest BCUT2D eigenvalue weighted by Gasteiger charge is 2.10. The van der Waals surface area contributed by atoms with Crippen molar-refractivity contribution in [2.75, 3.05) is 0 Å². The third-order valence-corrected chi connectivity index (χ3v) is 3.50. The Labute approximate surface area is 130 Å². The molecule has 3 nitrogen and oxygen atoms in total. The highest BCUT2D eigenvalue weighted by atomic mass is 35.5. The molecule has 104 valence electrons. The standard InChI is InChI=1S/C14H9Cl3O3/c15-9-1-3-12(16)8(5-9)7-20-10-2-4-13(17)11(6-10)14(18)19/h1-6H,7H2,(H,18,19). The van der Waals surface area contributed by atoms with Gasteiger partial charge in [0, 0.05) is 15.6 Å². The Kier molecular flexibility index (Phi) is 4.76. The number of carboxylic acid groups (broad SMARTS) is 1. The molecule has 0 unspecified atom stereocenters. The van der Waals surface area contributed by atoms with Crippen LogP contribution in [-0.4, -0.2) is 11.1 Å². The minimum Gasteiger partial charge on any atom is -0.489 e. The second-order valence-electron chi connectivity index (χ2n) is 3.97. The van der Waals surface area contributed by atoms with Gasteiger partial charge in [0.15, 0.2) is 0 Å². The van der Waals surface area contributed by atoms with Crippen molar-refractivity contribution in [1.29, 1.82) is 0 Å². The first-order valence-electron chi connectivity index (χ1n) is 5.57. The summed E-state index contributed by atoms with van der Waals surface area (Å²) in [5.41, 5.74) is 0.701. The maximum absolute atomic E-state index is 11.0. The smallest absolute Gasteiger partial charge is 0.337 e. The Morgan fingerprint density at radius 3 is 2.45 bits per heavy atom. The summed E-state index contributed by atoms with van der Waals surface area (Å²) >= 11 is 17.7. The summed E-state index contributed by atoms with van der Waals surface area (Å²) in [6, 6.07) is 9.47. The molecule has 0 aliphatic rings. The second kappa shape index (κ2) is 6.35. The maximum atomic E-state index is 11.0. The van der Waals surface area contributed by atoms with Gasteiger partial charge in [0.2, 0.25) is 0 Å². The van der Waals surface area contributed by atoms with Gasteiger partial charge >= 0.3 is 5.97 Å². The lowest BCUT2D eigenvalue weighted by molar-refractivity contribution is 0.0696. The van der Waals surface area contributed by atoms with Gasteiger partial charge in [0.1, 0.15) is 12.4 Å². The van der Waals surface area contributed by atoms with E-state index in [-0.39, 0.29) is 17.2 Å². The van der Waals surface area contributed by atoms with Crippen molar-refractivity contribution in [2.45, 2.75) is 6.61 Å². The van der Waals surface area contributed by atoms with E-state index in [0.717, 1.165) is 0 Å². The average Bonchev–Trinajstić information content (AvgIpc) is 2.41. The van der Waals surface area contributed by atoms with E-state index >= 15 is 0 Å². The van der Waals surface area contributed by atoms with Crippen LogP contribution in [-0.2, 0) is 6.61 Å². The fourth-order valence-electron chi connectivity index (χ4n) is 1.57. The fourth-order valence-corrected chi connectivity index (χ4v) is 2.14. The minimum atomic E-state index is -1.11. The summed E-state index contributed by atoms with van der Waals surface area (Å²) in [5.74, 6) is -0.718. The number of carboxylic acids is 1. The van der Waals surface area contributed by atoms with E-state index in [1.54, 1.807) is 24.3 Å². The van der Waals surface area contributed by atoms with Crippen molar-refractivity contribution in [1.82, 2.24) is 0 Å². The minimum absolute atomic E-state index is 0.0126. The zero-order valence-corrected chi connectivity index (χ0v) is 12.3. The van der Waals surface area contributed by atoms with Crippen LogP contribution in [0.2, 0.25) is 15.1 Å². The van der Waals surface area contributed by atoms with Crippen molar-refractivity contribution in [2.24, 2.45) is 0 Å². The first-order chi connectivity index (χ1) is 9.47. The SMILES string of the molecule is O=C(O)c1cc(OCc2cc(Cl)ccc2Cl)ccc1Cl. The zero-order chi connectivity index (χ0) is 14.7. The molecule has 0 atom stereocenters. The highest BCUT2D eigenvalue weighted by molar-refractivity contribution is 6.34. The first-order valence-corrected chi connectivity index (χ1v) is 6.70. The van der Waals surface area contributed by atoms with Gasteiger partial charge in [-0.1, -0.05) is 34.8 Å². The number of halogens is 3. The number of rotatable bonds is 4. The van der Waals surface area contributed by atoms with Crippen molar-refractivity contribution in [3.8, 4) is 5.75 Å². The monoisotopic (exact) mass is 330 g/mol. The summed E-state index contributed by atoms with van der Waals surface area (Å²) < 4.78 is 5.51. The molecule has 0 heterocycles. The van der Waals surface area contributed by atoms with E-state index in [9.17, 15) is 4.79 Å². The van der Waals surface area contributed by atoms with Crippen molar-refractivity contribution in [3.63, 3.8) is 0 Å². The summed E-state index contributed by atoms with van der Waals surface area (Å²) in [5, 5.41) is 10.2. The normalized spacial score (nSPS) is 10.3. The van der Waals surface area contributed by atoms with Crippen LogP contribution in [0.15, 0.2) is 36.4 Å². The van der Waals surface area contributed by atoms with Gasteiger partial charge in [-0.15, -0.1) is 0 Å². The van der Waals surface area contributed by atoms with Gasteiger partial charge in [-0.3, -0.25) is 0 Å². The topological polar surface area (TPSA) is 46.5 Å². The number of carbonyl (C=O) groups is 1. The highest BCUT2D eigenvalue weighted by Crippen LogP contribution is 2.25. The van der Waals surface area contributed by atoms with Crippen molar-refractivity contribution in [3.05, 3.63) is 62.6 Å². The molecule has 20 heavy (non-hydrogen) atoms. The lowest BCUT2D eigenvalue weighted by atomic mass is 10.2. The maximum Gasteiger partial charge on any atom is 0.337 e. The molecule has 1 N–H and O–H groups in total. The average molecular weight is 332 g/mol. The molecule has 2 aromatic rings. The molecule has 6 heteroatoms. The number of hydrogen-bond donors (Lipinski definition) is 1. The summed E-state index contributed by atoms with van der Waals surface area (Å²) in [7, 11) is 0. The van der Waals surface area contributed by atoms with Crippen molar-refractivity contribution >= 4 is 40.8 Å². The van der Waals surface area contributed by atoms with Gasteiger partial charge in [-0.05, 0) is 36.4 Å². The van der Waals surface area contributed by atoms with E-state index < -0.39 is 5.97 Å². The summed E-state index contributed by atoms with van der Waals surface area (Å²) in [6.07, 6.45) is 0. The number of hydrogen-bond acceptors (Lipinski definition) is 2. The lowest BCUT2D eigenvalue weighted by Crippen LogP contribution is -2.00. The molecule has 0 radical (unpaired) electrons. The van der Waals surface area contributed by atoms with Crippen LogP contribution in [0, 0.1) is 0 Å². The van der Waals surface area contributed by atoms with Crippen LogP contribution in [0.25, 0.3) is 0 Å². The second-order valence-corrected chi connectivity index (χ2v) is 5.22. The molecule has 0 fully saturated rings. The molecule has 0 saturated heterocycles. The van der Waals surface area contributed by atoms with Gasteiger partial charge in [-0.2, -0.15) is 0 Å². The largest absolute Gasteiger partial charge is 0.489 e. The quantitative estimate of drug-likeness (QED) is 0.864. The van der Waals surface area contributed by atoms with Gasteiger partial charge < -0.3 is 9.84 Å². The van der Waals surface area contributed by atoms with E-state index in [1.165, 1.54) is 12.1 Å². The summed E-state index contributed by atoms with van der Waals surface area (Å²) in [4.78, 5) is 11.0. The number of ether oxygens (including phenoxy) is 1. The predicted octanol–water partition coefficient (Wildman–Crippen LogP) is 4.92. The fraction of sp³-hybridized carbons (Fsp3) is 0.0714. The third-order valence-electron chi connectivity index (χ3n) is 2.57. The van der Waals surface area contributed by atoms with Crippen molar-refractivity contribution < 1.29 is 14.6 Å². The van der Waals surface area contributed by atoms with E-state index in [1.807, 2.05) is 0 Å². The Morgan fingerprint density at radius 2 is 1.75 bits per heavy atom. The molecule has 2 aromatic carbocycles. The lowest BCUT2D eigenvalue weighted by Gasteiger charge is -2.09. The molecule has 0 aliphatic heterocycles. The molecule has 0 spiro atoms. The van der Waals surface area contributed by atoms with Crippen LogP contribution < -0.4 is 4.74 Å². The molecule has 0 aromatic heterocycles. The molecule has 0 aliphatic carbocycles. The van der Waals surface area contributed by atoms with Gasteiger partial charge in [0.25, 0.3) is 0 Å². The zero-order valence-electron chi connectivity index (χ0n) is 10.1. The Balaban J connectivity index is 2.17. The van der Waals surface area contributed by atoms with E-state index in [0.29, 0.717) is 21.4 Å². The molecular formula is C14H9Cl3O3. The van der Waals surface area contributed by atoms with Crippen LogP contribution in [0.1, 0.15) is 15.9 Å². The molecular weight excluding hydrogens is 323 g/mol. The number of aromatic carboxylic acids is 1. The van der Waals surface area contributed by atoms with Crippen LogP contribution >= 0.6 is 34.8 Å². The summed E-state index contributed by atoms with van der Waals surface area (Å²) in [6.45, 7) is 0.181. The molecule has 0 saturated carbocycles. The molecule has 0 bridgehead atoms. The van der Waals surface area contributed by atoms with Crippen LogP contribution in [0.5, 0.6) is 5.75 Å². The Hall–Kier alpha value is -1.42. The van der Waals surface area contributed by atoms with E-state index in [2.05, 4.69) is 0 Å².